The van der Waals surface area contributed by atoms with Gasteiger partial charge in [0, 0.05) is 11.8 Å². The van der Waals surface area contributed by atoms with Crippen LogP contribution in [0.3, 0.4) is 0 Å². The minimum Gasteiger partial charge on any atom is -0.477 e. The van der Waals surface area contributed by atoms with Gasteiger partial charge in [-0.3, -0.25) is 19.7 Å². The van der Waals surface area contributed by atoms with Crippen molar-refractivity contribution in [3.63, 3.8) is 0 Å². The number of nitrogens with one attached hydrogen (secondary N) is 2. The van der Waals surface area contributed by atoms with Crippen molar-refractivity contribution < 1.29 is 19.2 Å². The van der Waals surface area contributed by atoms with E-state index in [2.05, 4.69) is 10.6 Å². The first-order valence-corrected chi connectivity index (χ1v) is 9.49. The zero-order chi connectivity index (χ0) is 22.4. The van der Waals surface area contributed by atoms with Crippen LogP contribution in [-0.2, 0) is 4.79 Å². The van der Waals surface area contributed by atoms with Crippen LogP contribution in [0.4, 0.5) is 17.1 Å². The van der Waals surface area contributed by atoms with E-state index in [0.717, 1.165) is 11.1 Å². The third kappa shape index (κ3) is 5.45. The number of amides is 2. The molecule has 0 atom stereocenters. The largest absolute Gasteiger partial charge is 0.477 e. The van der Waals surface area contributed by atoms with E-state index >= 15 is 0 Å². The van der Waals surface area contributed by atoms with Crippen LogP contribution in [-0.4, -0.2) is 23.3 Å². The summed E-state index contributed by atoms with van der Waals surface area (Å²) in [6.45, 7) is 3.49. The molecule has 0 aliphatic carbocycles. The van der Waals surface area contributed by atoms with Crippen molar-refractivity contribution in [2.45, 2.75) is 13.8 Å². The Morgan fingerprint density at radius 1 is 0.935 bits per heavy atom. The lowest BCUT2D eigenvalue weighted by Gasteiger charge is -2.13. The molecule has 0 aromatic heterocycles. The topological polar surface area (TPSA) is 111 Å². The number of carbonyl (C=O) groups excluding carboxylic acids is 2. The van der Waals surface area contributed by atoms with Gasteiger partial charge in [-0.2, -0.15) is 0 Å². The fourth-order valence-corrected chi connectivity index (χ4v) is 2.87. The molecular formula is C23H21N3O5. The predicted octanol–water partition coefficient (Wildman–Crippen LogP) is 4.48. The summed E-state index contributed by atoms with van der Waals surface area (Å²) < 4.78 is 5.30. The number of nitro groups is 1. The van der Waals surface area contributed by atoms with E-state index in [0.29, 0.717) is 11.4 Å². The molecule has 8 nitrogen and oxygen atoms in total. The highest BCUT2D eigenvalue weighted by molar-refractivity contribution is 6.10. The van der Waals surface area contributed by atoms with Crippen molar-refractivity contribution in [1.29, 1.82) is 0 Å². The van der Waals surface area contributed by atoms with Gasteiger partial charge < -0.3 is 15.4 Å². The summed E-state index contributed by atoms with van der Waals surface area (Å²) in [6, 6.07) is 17.9. The number of ether oxygens (including phenoxy) is 1. The first-order chi connectivity index (χ1) is 14.8. The van der Waals surface area contributed by atoms with Gasteiger partial charge in [0.1, 0.15) is 0 Å². The molecular weight excluding hydrogens is 398 g/mol. The second-order valence-electron chi connectivity index (χ2n) is 6.86. The quantitative estimate of drug-likeness (QED) is 0.433. The number of nitro benzene ring substituents is 1. The number of hydrogen-bond acceptors (Lipinski definition) is 5. The zero-order valence-electron chi connectivity index (χ0n) is 17.0. The van der Waals surface area contributed by atoms with Crippen LogP contribution in [0.2, 0.25) is 0 Å². The maximum absolute atomic E-state index is 12.7. The molecule has 0 heterocycles. The second-order valence-corrected chi connectivity index (χ2v) is 6.86. The number of para-hydroxylation sites is 3. The number of aryl methyl sites for hydroxylation is 2. The van der Waals surface area contributed by atoms with Gasteiger partial charge in [0.15, 0.2) is 12.4 Å². The highest BCUT2D eigenvalue weighted by Crippen LogP contribution is 2.26. The van der Waals surface area contributed by atoms with Crippen molar-refractivity contribution in [3.8, 4) is 5.75 Å². The normalized spacial score (nSPS) is 10.3. The molecule has 3 aromatic rings. The summed E-state index contributed by atoms with van der Waals surface area (Å²) in [7, 11) is 0. The van der Waals surface area contributed by atoms with Gasteiger partial charge in [-0.05, 0) is 55.3 Å². The Balaban J connectivity index is 1.68. The number of rotatable bonds is 7. The van der Waals surface area contributed by atoms with Gasteiger partial charge in [0.25, 0.3) is 11.8 Å². The van der Waals surface area contributed by atoms with E-state index in [1.54, 1.807) is 30.3 Å². The van der Waals surface area contributed by atoms with E-state index in [-0.39, 0.29) is 22.9 Å². The minimum atomic E-state index is -0.584. The fraction of sp³-hybridized carbons (Fsp3) is 0.130. The predicted molar refractivity (Wildman–Crippen MR) is 118 cm³/mol. The third-order valence-electron chi connectivity index (χ3n) is 4.63. The monoisotopic (exact) mass is 419 g/mol. The van der Waals surface area contributed by atoms with Crippen LogP contribution < -0.4 is 15.4 Å². The van der Waals surface area contributed by atoms with Crippen molar-refractivity contribution >= 4 is 28.9 Å². The molecule has 0 fully saturated rings. The van der Waals surface area contributed by atoms with Crippen molar-refractivity contribution in [2.24, 2.45) is 0 Å². The molecule has 158 valence electrons. The molecule has 3 aromatic carbocycles. The first-order valence-electron chi connectivity index (χ1n) is 9.49. The molecule has 2 N–H and O–H groups in total. The minimum absolute atomic E-state index is 0.0107. The molecule has 0 saturated heterocycles. The van der Waals surface area contributed by atoms with Gasteiger partial charge in [0.2, 0.25) is 0 Å². The van der Waals surface area contributed by atoms with Gasteiger partial charge in [0.05, 0.1) is 16.2 Å². The van der Waals surface area contributed by atoms with Crippen LogP contribution in [0.15, 0.2) is 66.7 Å². The molecule has 0 radical (unpaired) electrons. The molecule has 0 aliphatic rings. The summed E-state index contributed by atoms with van der Waals surface area (Å²) in [4.78, 5) is 35.6. The SMILES string of the molecule is Cc1ccc(NC(=O)c2ccccc2NC(=O)COc2ccccc2[N+](=O)[O-])cc1C. The molecule has 2 amide bonds. The molecule has 0 saturated carbocycles. The van der Waals surface area contributed by atoms with E-state index in [9.17, 15) is 19.7 Å². The summed E-state index contributed by atoms with van der Waals surface area (Å²) in [6.07, 6.45) is 0. The summed E-state index contributed by atoms with van der Waals surface area (Å²) in [5.74, 6) is -0.938. The highest BCUT2D eigenvalue weighted by atomic mass is 16.6. The highest BCUT2D eigenvalue weighted by Gasteiger charge is 2.17. The Hall–Kier alpha value is -4.20. The average Bonchev–Trinajstić information content (AvgIpc) is 2.75. The Kier molecular flexibility index (Phi) is 6.61. The van der Waals surface area contributed by atoms with Crippen molar-refractivity contribution in [2.75, 3.05) is 17.2 Å². The van der Waals surface area contributed by atoms with Gasteiger partial charge >= 0.3 is 5.69 Å². The summed E-state index contributed by atoms with van der Waals surface area (Å²) >= 11 is 0. The van der Waals surface area contributed by atoms with Gasteiger partial charge in [-0.15, -0.1) is 0 Å². The maximum Gasteiger partial charge on any atom is 0.310 e. The van der Waals surface area contributed by atoms with E-state index in [4.69, 9.17) is 4.74 Å². The Morgan fingerprint density at radius 2 is 1.65 bits per heavy atom. The van der Waals surface area contributed by atoms with Crippen molar-refractivity contribution in [1.82, 2.24) is 0 Å². The molecule has 8 heteroatoms. The van der Waals surface area contributed by atoms with Gasteiger partial charge in [-0.25, -0.2) is 0 Å². The summed E-state index contributed by atoms with van der Waals surface area (Å²) in [5.41, 5.74) is 3.16. The molecule has 0 bridgehead atoms. The number of carbonyl (C=O) groups is 2. The van der Waals surface area contributed by atoms with E-state index in [1.165, 1.54) is 18.2 Å². The third-order valence-corrected chi connectivity index (χ3v) is 4.63. The van der Waals surface area contributed by atoms with Gasteiger partial charge in [-0.1, -0.05) is 30.3 Å². The number of benzene rings is 3. The average molecular weight is 419 g/mol. The zero-order valence-corrected chi connectivity index (χ0v) is 17.0. The van der Waals surface area contributed by atoms with Crippen LogP contribution in [0.1, 0.15) is 21.5 Å². The lowest BCUT2D eigenvalue weighted by molar-refractivity contribution is -0.385. The standard InChI is InChI=1S/C23H21N3O5/c1-15-11-12-17(13-16(15)2)24-23(28)18-7-3-4-8-19(18)25-22(27)14-31-21-10-6-5-9-20(21)26(29)30/h3-13H,14H2,1-2H3,(H,24,28)(H,25,27). The molecule has 0 unspecified atom stereocenters. The maximum atomic E-state index is 12.7. The number of hydrogen-bond donors (Lipinski definition) is 2. The molecule has 31 heavy (non-hydrogen) atoms. The second kappa shape index (κ2) is 9.53. The van der Waals surface area contributed by atoms with E-state index in [1.807, 2.05) is 32.0 Å². The van der Waals surface area contributed by atoms with Crippen LogP contribution in [0.25, 0.3) is 0 Å². The number of nitrogens with zero attached hydrogens (tertiary/aromatic N) is 1. The molecule has 0 aliphatic heterocycles. The Labute approximate surface area is 179 Å². The van der Waals surface area contributed by atoms with Crippen molar-refractivity contribution in [3.05, 3.63) is 93.5 Å². The fourth-order valence-electron chi connectivity index (χ4n) is 2.87. The van der Waals surface area contributed by atoms with Crippen LogP contribution in [0, 0.1) is 24.0 Å². The Morgan fingerprint density at radius 3 is 2.39 bits per heavy atom. The summed E-state index contributed by atoms with van der Waals surface area (Å²) in [5, 5.41) is 16.5. The van der Waals surface area contributed by atoms with Crippen LogP contribution in [0.5, 0.6) is 5.75 Å². The molecule has 3 rings (SSSR count). The Bertz CT molecular complexity index is 1140. The van der Waals surface area contributed by atoms with Crippen LogP contribution >= 0.6 is 0 Å². The lowest BCUT2D eigenvalue weighted by atomic mass is 10.1. The number of anilines is 2. The lowest BCUT2D eigenvalue weighted by Crippen LogP contribution is -2.23. The van der Waals surface area contributed by atoms with E-state index < -0.39 is 17.4 Å². The molecule has 0 spiro atoms. The smallest absolute Gasteiger partial charge is 0.310 e. The first kappa shape index (κ1) is 21.5.